The molecule has 1 aromatic carbocycles. The first-order valence-corrected chi connectivity index (χ1v) is 9.85. The lowest BCUT2D eigenvalue weighted by Gasteiger charge is -2.37. The maximum Gasteiger partial charge on any atom is 0.247 e. The minimum absolute atomic E-state index is 0.0975. The van der Waals surface area contributed by atoms with Crippen LogP contribution in [0.3, 0.4) is 0 Å². The number of hydrogen-bond donors (Lipinski definition) is 1. The number of rotatable bonds is 4. The van der Waals surface area contributed by atoms with Gasteiger partial charge in [0.1, 0.15) is 6.04 Å². The van der Waals surface area contributed by atoms with Gasteiger partial charge in [0.2, 0.25) is 17.7 Å². The Labute approximate surface area is 163 Å². The van der Waals surface area contributed by atoms with E-state index in [1.807, 2.05) is 0 Å². The van der Waals surface area contributed by atoms with Gasteiger partial charge in [0.25, 0.3) is 0 Å². The van der Waals surface area contributed by atoms with Gasteiger partial charge in [-0.3, -0.25) is 24.1 Å². The van der Waals surface area contributed by atoms with Gasteiger partial charge in [-0.15, -0.1) is 0 Å². The maximum atomic E-state index is 13.1. The van der Waals surface area contributed by atoms with Crippen LogP contribution in [0.4, 0.5) is 5.69 Å². The van der Waals surface area contributed by atoms with E-state index < -0.39 is 11.9 Å². The summed E-state index contributed by atoms with van der Waals surface area (Å²) in [7, 11) is 0. The Morgan fingerprint density at radius 3 is 2.25 bits per heavy atom. The molecular weight excluding hydrogens is 356 g/mol. The topological polar surface area (TPSA) is 83.6 Å². The smallest absolute Gasteiger partial charge is 0.247 e. The van der Waals surface area contributed by atoms with Crippen LogP contribution in [0.5, 0.6) is 0 Å². The van der Waals surface area contributed by atoms with Crippen molar-refractivity contribution in [3.05, 3.63) is 42.0 Å². The number of amides is 3. The lowest BCUT2D eigenvalue weighted by Crippen LogP contribution is -2.46. The number of nitrogens with one attached hydrogen (secondary N) is 1. The number of anilines is 1. The number of benzene rings is 1. The molecule has 3 fully saturated rings. The van der Waals surface area contributed by atoms with E-state index in [4.69, 9.17) is 0 Å². The van der Waals surface area contributed by atoms with Gasteiger partial charge in [0, 0.05) is 11.3 Å². The molecule has 2 saturated carbocycles. The molecule has 1 heterocycles. The molecule has 4 aliphatic carbocycles. The fourth-order valence-corrected chi connectivity index (χ4v) is 5.54. The third kappa shape index (κ3) is 2.33. The third-order valence-corrected chi connectivity index (χ3v) is 7.00. The SMILES string of the molecule is CC(=O)c1cccc(NC(=O)[C@H](C)N2C(=O)[C@@H]3[C@@H]4C=C[C@H]([C@H]5C[C@H]45)[C@@H]3C2=O)c1. The van der Waals surface area contributed by atoms with Crippen LogP contribution in [0.25, 0.3) is 0 Å². The van der Waals surface area contributed by atoms with E-state index in [-0.39, 0.29) is 41.3 Å². The van der Waals surface area contributed by atoms with Crippen molar-refractivity contribution in [3.63, 3.8) is 0 Å². The zero-order valence-corrected chi connectivity index (χ0v) is 15.8. The molecular formula is C22H22N2O4. The summed E-state index contributed by atoms with van der Waals surface area (Å²) in [5.41, 5.74) is 0.968. The summed E-state index contributed by atoms with van der Waals surface area (Å²) in [6.45, 7) is 3.05. The van der Waals surface area contributed by atoms with E-state index in [0.29, 0.717) is 23.1 Å². The van der Waals surface area contributed by atoms with E-state index in [0.717, 1.165) is 6.42 Å². The largest absolute Gasteiger partial charge is 0.324 e. The number of carbonyl (C=O) groups excluding carboxylic acids is 4. The highest BCUT2D eigenvalue weighted by atomic mass is 16.2. The van der Waals surface area contributed by atoms with Gasteiger partial charge in [0.05, 0.1) is 11.8 Å². The first-order valence-electron chi connectivity index (χ1n) is 9.85. The molecule has 0 aromatic heterocycles. The van der Waals surface area contributed by atoms with Gasteiger partial charge < -0.3 is 5.32 Å². The van der Waals surface area contributed by atoms with Crippen LogP contribution in [-0.2, 0) is 14.4 Å². The van der Waals surface area contributed by atoms with Crippen LogP contribution in [0.15, 0.2) is 36.4 Å². The first kappa shape index (κ1) is 17.3. The highest BCUT2D eigenvalue weighted by Crippen LogP contribution is 2.65. The highest BCUT2D eigenvalue weighted by molar-refractivity contribution is 6.10. The number of hydrogen-bond acceptors (Lipinski definition) is 4. The van der Waals surface area contributed by atoms with E-state index >= 15 is 0 Å². The molecule has 0 radical (unpaired) electrons. The fourth-order valence-electron chi connectivity index (χ4n) is 5.54. The predicted molar refractivity (Wildman–Crippen MR) is 101 cm³/mol. The molecule has 6 rings (SSSR count). The Kier molecular flexibility index (Phi) is 3.63. The van der Waals surface area contributed by atoms with Crippen molar-refractivity contribution >= 4 is 29.2 Å². The standard InChI is InChI=1S/C22H22N2O4/c1-10(20(26)23-13-5-3-4-12(8-13)11(2)25)24-21(27)18-14-6-7-15(17-9-16(14)17)19(18)22(24)28/h3-8,10,14-19H,9H2,1-2H3,(H,23,26)/t10-,14+,15+,16+,17+,18-,19+/m0/s1. The summed E-state index contributed by atoms with van der Waals surface area (Å²) >= 11 is 0. The van der Waals surface area contributed by atoms with Crippen molar-refractivity contribution in [2.45, 2.75) is 26.3 Å². The maximum absolute atomic E-state index is 13.1. The fraction of sp³-hybridized carbons (Fsp3) is 0.455. The highest BCUT2D eigenvalue weighted by Gasteiger charge is 2.67. The second-order valence-corrected chi connectivity index (χ2v) is 8.50. The number of imide groups is 1. The third-order valence-electron chi connectivity index (χ3n) is 7.00. The van der Waals surface area contributed by atoms with Gasteiger partial charge in [-0.2, -0.15) is 0 Å². The minimum Gasteiger partial charge on any atom is -0.324 e. The Morgan fingerprint density at radius 2 is 1.68 bits per heavy atom. The molecule has 144 valence electrons. The molecule has 6 heteroatoms. The van der Waals surface area contributed by atoms with Crippen LogP contribution in [0.2, 0.25) is 0 Å². The number of carbonyl (C=O) groups is 4. The van der Waals surface area contributed by atoms with Crippen molar-refractivity contribution in [2.24, 2.45) is 35.5 Å². The molecule has 1 N–H and O–H groups in total. The van der Waals surface area contributed by atoms with Crippen LogP contribution in [-0.4, -0.2) is 34.4 Å². The number of ketones is 1. The zero-order valence-electron chi connectivity index (χ0n) is 15.8. The van der Waals surface area contributed by atoms with E-state index in [2.05, 4.69) is 17.5 Å². The summed E-state index contributed by atoms with van der Waals surface area (Å²) in [5, 5.41) is 2.74. The number of allylic oxidation sites excluding steroid dienone is 2. The molecule has 1 aliphatic heterocycles. The van der Waals surface area contributed by atoms with Crippen molar-refractivity contribution < 1.29 is 19.2 Å². The molecule has 7 atom stereocenters. The molecule has 6 nitrogen and oxygen atoms in total. The van der Waals surface area contributed by atoms with Crippen molar-refractivity contribution in [3.8, 4) is 0 Å². The van der Waals surface area contributed by atoms with Crippen LogP contribution >= 0.6 is 0 Å². The lowest BCUT2D eigenvalue weighted by atomic mass is 9.63. The molecule has 28 heavy (non-hydrogen) atoms. The Balaban J connectivity index is 1.36. The van der Waals surface area contributed by atoms with E-state index in [1.54, 1.807) is 31.2 Å². The summed E-state index contributed by atoms with van der Waals surface area (Å²) in [4.78, 5) is 51.7. The van der Waals surface area contributed by atoms with Crippen molar-refractivity contribution in [1.29, 1.82) is 0 Å². The van der Waals surface area contributed by atoms with Gasteiger partial charge in [-0.05, 0) is 56.1 Å². The molecule has 3 amide bonds. The summed E-state index contributed by atoms with van der Waals surface area (Å²) in [6, 6.07) is 5.75. The lowest BCUT2D eigenvalue weighted by molar-refractivity contribution is -0.146. The Morgan fingerprint density at radius 1 is 1.07 bits per heavy atom. The van der Waals surface area contributed by atoms with Gasteiger partial charge in [-0.1, -0.05) is 24.3 Å². The van der Waals surface area contributed by atoms with Crippen LogP contribution < -0.4 is 5.32 Å². The molecule has 0 unspecified atom stereocenters. The second kappa shape index (κ2) is 5.87. The average molecular weight is 378 g/mol. The molecule has 5 aliphatic rings. The van der Waals surface area contributed by atoms with Crippen LogP contribution in [0.1, 0.15) is 30.6 Å². The summed E-state index contributed by atoms with van der Waals surface area (Å²) in [6.07, 6.45) is 5.35. The predicted octanol–water partition coefficient (Wildman–Crippen LogP) is 2.27. The Hall–Kier alpha value is -2.76. The molecule has 1 saturated heterocycles. The van der Waals surface area contributed by atoms with Crippen LogP contribution in [0, 0.1) is 35.5 Å². The summed E-state index contributed by atoms with van der Waals surface area (Å²) < 4.78 is 0. The Bertz CT molecular complexity index is 916. The van der Waals surface area contributed by atoms with E-state index in [1.165, 1.54) is 11.8 Å². The quantitative estimate of drug-likeness (QED) is 0.495. The van der Waals surface area contributed by atoms with Gasteiger partial charge >= 0.3 is 0 Å². The molecule has 2 bridgehead atoms. The first-order chi connectivity index (χ1) is 13.4. The average Bonchev–Trinajstić information content (AvgIpc) is 3.45. The van der Waals surface area contributed by atoms with Crippen molar-refractivity contribution in [1.82, 2.24) is 4.90 Å². The number of likely N-dealkylation sites (tertiary alicyclic amines) is 1. The zero-order chi connectivity index (χ0) is 19.7. The van der Waals surface area contributed by atoms with Crippen molar-refractivity contribution in [2.75, 3.05) is 5.32 Å². The minimum atomic E-state index is -0.887. The summed E-state index contributed by atoms with van der Waals surface area (Å²) in [5.74, 6) is -0.193. The van der Waals surface area contributed by atoms with Gasteiger partial charge in [0.15, 0.2) is 5.78 Å². The van der Waals surface area contributed by atoms with E-state index in [9.17, 15) is 19.2 Å². The molecule has 1 aromatic rings. The number of Topliss-reactive ketones (excluding diaryl/α,β-unsaturated/α-hetero) is 1. The second-order valence-electron chi connectivity index (χ2n) is 8.50. The molecule has 0 spiro atoms. The monoisotopic (exact) mass is 378 g/mol. The van der Waals surface area contributed by atoms with Gasteiger partial charge in [-0.25, -0.2) is 0 Å². The normalized spacial score (nSPS) is 35.4. The number of nitrogens with zero attached hydrogens (tertiary/aromatic N) is 1.